The summed E-state index contributed by atoms with van der Waals surface area (Å²) in [5.41, 5.74) is 12.5. The van der Waals surface area contributed by atoms with Crippen LogP contribution in [0.4, 0.5) is 33.3 Å². The van der Waals surface area contributed by atoms with Crippen molar-refractivity contribution < 1.29 is 45.8 Å². The van der Waals surface area contributed by atoms with Crippen LogP contribution < -0.4 is 16.2 Å². The molecule has 0 spiro atoms. The predicted molar refractivity (Wildman–Crippen MR) is 134 cm³/mol. The summed E-state index contributed by atoms with van der Waals surface area (Å²) in [6.07, 6.45) is -6.22. The Hall–Kier alpha value is -3.83. The summed E-state index contributed by atoms with van der Waals surface area (Å²) < 4.78 is 81.6. The normalized spacial score (nSPS) is 18.1. The average Bonchev–Trinajstić information content (AvgIpc) is 2.84. The summed E-state index contributed by atoms with van der Waals surface area (Å²) in [4.78, 5) is 23.9. The molecule has 1 saturated carbocycles. The Labute approximate surface area is 221 Å². The lowest BCUT2D eigenvalue weighted by Gasteiger charge is -2.33. The van der Waals surface area contributed by atoms with E-state index in [9.17, 15) is 31.5 Å². The smallest absolute Gasteiger partial charge is 0.400 e. The first-order chi connectivity index (χ1) is 18.3. The Bertz CT molecular complexity index is 1140. The van der Waals surface area contributed by atoms with Crippen LogP contribution in [0.15, 0.2) is 48.5 Å². The SMILES string of the molecule is Nc1cc(N)cc(C(=O)OCCOC(=O)C=Cc2ccc(OC(F)(F)C3CCC(CC(F)(F)F)CC3)cc2)c1. The standard InChI is InChI=1S/C27H29F5N2O5/c28-26(29,30)16-18-1-6-20(7-2-18)27(31,32)39-23-8-3-17(4-9-23)5-10-24(35)37-11-12-38-25(36)19-13-21(33)15-22(34)14-19/h3-5,8-10,13-15,18,20H,1-2,6-7,11-12,16,33-34H2. The lowest BCUT2D eigenvalue weighted by Crippen LogP contribution is -2.37. The summed E-state index contributed by atoms with van der Waals surface area (Å²) >= 11 is 0. The van der Waals surface area contributed by atoms with Gasteiger partial charge >= 0.3 is 24.2 Å². The monoisotopic (exact) mass is 556 g/mol. The minimum absolute atomic E-state index is 0.0502. The number of nitrogens with two attached hydrogens (primary N) is 2. The Morgan fingerprint density at radius 1 is 0.872 bits per heavy atom. The van der Waals surface area contributed by atoms with Crippen LogP contribution in [-0.4, -0.2) is 37.4 Å². The number of halogens is 5. The van der Waals surface area contributed by atoms with E-state index < -0.39 is 42.5 Å². The van der Waals surface area contributed by atoms with Gasteiger partial charge in [-0.3, -0.25) is 0 Å². The zero-order valence-electron chi connectivity index (χ0n) is 20.9. The second-order valence-electron chi connectivity index (χ2n) is 9.29. The van der Waals surface area contributed by atoms with Crippen LogP contribution in [0.3, 0.4) is 0 Å². The van der Waals surface area contributed by atoms with Gasteiger partial charge in [-0.1, -0.05) is 12.1 Å². The number of carbonyl (C=O) groups excluding carboxylic acids is 2. The number of benzene rings is 2. The van der Waals surface area contributed by atoms with Gasteiger partial charge in [-0.2, -0.15) is 22.0 Å². The number of ether oxygens (including phenoxy) is 3. The highest BCUT2D eigenvalue weighted by molar-refractivity contribution is 5.91. The average molecular weight is 557 g/mol. The molecule has 3 rings (SSSR count). The maximum absolute atomic E-state index is 14.6. The van der Waals surface area contributed by atoms with Crippen molar-refractivity contribution in [2.45, 2.75) is 44.4 Å². The van der Waals surface area contributed by atoms with Gasteiger partial charge in [0.1, 0.15) is 19.0 Å². The number of hydrogen-bond donors (Lipinski definition) is 2. The molecule has 0 bridgehead atoms. The number of nitrogen functional groups attached to an aromatic ring is 2. The predicted octanol–water partition coefficient (Wildman–Crippen LogP) is 5.99. The second kappa shape index (κ2) is 12.8. The minimum Gasteiger partial charge on any atom is -0.459 e. The molecular formula is C27H29F5N2O5. The first kappa shape index (κ1) is 29.7. The zero-order chi connectivity index (χ0) is 28.6. The van der Waals surface area contributed by atoms with E-state index in [4.69, 9.17) is 25.7 Å². The lowest BCUT2D eigenvalue weighted by atomic mass is 9.80. The van der Waals surface area contributed by atoms with Gasteiger partial charge in [0, 0.05) is 23.9 Å². The summed E-state index contributed by atoms with van der Waals surface area (Å²) in [5.74, 6) is -3.31. The quantitative estimate of drug-likeness (QED) is 0.121. The van der Waals surface area contributed by atoms with Crippen LogP contribution in [0.2, 0.25) is 0 Å². The fourth-order valence-electron chi connectivity index (χ4n) is 4.28. The summed E-state index contributed by atoms with van der Waals surface area (Å²) in [5, 5.41) is 0. The molecule has 0 aliphatic heterocycles. The van der Waals surface area contributed by atoms with Gasteiger partial charge in [0.25, 0.3) is 0 Å². The third-order valence-electron chi connectivity index (χ3n) is 6.16. The maximum Gasteiger partial charge on any atom is 0.400 e. The number of carbonyl (C=O) groups is 2. The third-order valence-corrected chi connectivity index (χ3v) is 6.16. The fraction of sp³-hybridized carbons (Fsp3) is 0.407. The molecule has 0 aromatic heterocycles. The maximum atomic E-state index is 14.6. The van der Waals surface area contributed by atoms with E-state index in [1.54, 1.807) is 0 Å². The molecule has 0 saturated heterocycles. The van der Waals surface area contributed by atoms with Crippen molar-refractivity contribution in [2.24, 2.45) is 11.8 Å². The van der Waals surface area contributed by atoms with E-state index in [1.165, 1.54) is 48.5 Å². The van der Waals surface area contributed by atoms with Crippen molar-refractivity contribution in [3.8, 4) is 5.75 Å². The van der Waals surface area contributed by atoms with Crippen LogP contribution in [0.5, 0.6) is 5.75 Å². The van der Waals surface area contributed by atoms with E-state index in [0.29, 0.717) is 16.9 Å². The number of hydrogen-bond acceptors (Lipinski definition) is 7. The van der Waals surface area contributed by atoms with Crippen LogP contribution in [0, 0.1) is 11.8 Å². The molecule has 0 amide bonds. The molecule has 0 heterocycles. The topological polar surface area (TPSA) is 114 Å². The van der Waals surface area contributed by atoms with Crippen molar-refractivity contribution in [1.29, 1.82) is 0 Å². The molecule has 2 aromatic rings. The minimum atomic E-state index is -4.30. The summed E-state index contributed by atoms with van der Waals surface area (Å²) in [7, 11) is 0. The van der Waals surface area contributed by atoms with Crippen molar-refractivity contribution >= 4 is 29.4 Å². The van der Waals surface area contributed by atoms with E-state index in [1.807, 2.05) is 0 Å². The molecule has 212 valence electrons. The van der Waals surface area contributed by atoms with Crippen LogP contribution in [0.1, 0.15) is 48.0 Å². The van der Waals surface area contributed by atoms with Crippen LogP contribution in [0.25, 0.3) is 6.08 Å². The molecule has 1 aliphatic carbocycles. The molecule has 2 aromatic carbocycles. The van der Waals surface area contributed by atoms with Gasteiger partial charge < -0.3 is 25.7 Å². The molecule has 12 heteroatoms. The number of esters is 2. The van der Waals surface area contributed by atoms with Crippen LogP contribution in [-0.2, 0) is 14.3 Å². The van der Waals surface area contributed by atoms with E-state index >= 15 is 0 Å². The van der Waals surface area contributed by atoms with Crippen molar-refractivity contribution in [1.82, 2.24) is 0 Å². The van der Waals surface area contributed by atoms with Gasteiger partial charge in [-0.25, -0.2) is 9.59 Å². The second-order valence-corrected chi connectivity index (χ2v) is 9.29. The van der Waals surface area contributed by atoms with Gasteiger partial charge in [-0.15, -0.1) is 0 Å². The van der Waals surface area contributed by atoms with E-state index in [0.717, 1.165) is 6.08 Å². The number of alkyl halides is 5. The van der Waals surface area contributed by atoms with E-state index in [-0.39, 0.29) is 50.2 Å². The van der Waals surface area contributed by atoms with Crippen molar-refractivity contribution in [3.05, 3.63) is 59.7 Å². The molecule has 0 atom stereocenters. The van der Waals surface area contributed by atoms with Gasteiger partial charge in [0.2, 0.25) is 0 Å². The molecule has 4 N–H and O–H groups in total. The lowest BCUT2D eigenvalue weighted by molar-refractivity contribution is -0.225. The molecule has 0 unspecified atom stereocenters. The van der Waals surface area contributed by atoms with Crippen LogP contribution >= 0.6 is 0 Å². The molecule has 39 heavy (non-hydrogen) atoms. The zero-order valence-corrected chi connectivity index (χ0v) is 20.9. The molecule has 1 fully saturated rings. The molecule has 7 nitrogen and oxygen atoms in total. The summed E-state index contributed by atoms with van der Waals surface area (Å²) in [6, 6.07) is 9.80. The Morgan fingerprint density at radius 3 is 2.05 bits per heavy atom. The first-order valence-electron chi connectivity index (χ1n) is 12.2. The Balaban J connectivity index is 1.40. The highest BCUT2D eigenvalue weighted by Gasteiger charge is 2.45. The third kappa shape index (κ3) is 9.77. The summed E-state index contributed by atoms with van der Waals surface area (Å²) in [6.45, 7) is -0.399. The van der Waals surface area contributed by atoms with Crippen molar-refractivity contribution in [2.75, 3.05) is 24.7 Å². The largest absolute Gasteiger partial charge is 0.459 e. The molecule has 1 aliphatic rings. The fourth-order valence-corrected chi connectivity index (χ4v) is 4.28. The highest BCUT2D eigenvalue weighted by Crippen LogP contribution is 2.42. The Morgan fingerprint density at radius 2 is 1.46 bits per heavy atom. The van der Waals surface area contributed by atoms with Gasteiger partial charge in [0.15, 0.2) is 0 Å². The molecule has 0 radical (unpaired) electrons. The highest BCUT2D eigenvalue weighted by atomic mass is 19.4. The number of anilines is 2. The van der Waals surface area contributed by atoms with Crippen molar-refractivity contribution in [3.63, 3.8) is 0 Å². The van der Waals surface area contributed by atoms with Gasteiger partial charge in [0.05, 0.1) is 11.5 Å². The van der Waals surface area contributed by atoms with Gasteiger partial charge in [-0.05, 0) is 73.6 Å². The Kier molecular flexibility index (Phi) is 9.76. The molecular weight excluding hydrogens is 527 g/mol. The number of rotatable bonds is 10. The first-order valence-corrected chi connectivity index (χ1v) is 12.2. The van der Waals surface area contributed by atoms with E-state index in [2.05, 4.69) is 0 Å².